The van der Waals surface area contributed by atoms with Gasteiger partial charge < -0.3 is 4.74 Å². The largest absolute Gasteiger partial charge is 0.573 e. The SMILES string of the molecule is CC1(C(=O)c2cccc(OC(F)(F)F)c2)CCCCC1. The van der Waals surface area contributed by atoms with Crippen molar-refractivity contribution in [2.24, 2.45) is 5.41 Å². The second-order valence-electron chi connectivity index (χ2n) is 5.53. The molecule has 20 heavy (non-hydrogen) atoms. The Morgan fingerprint density at radius 2 is 1.85 bits per heavy atom. The number of Topliss-reactive ketones (excluding diaryl/α,β-unsaturated/α-hetero) is 1. The molecule has 0 aromatic heterocycles. The van der Waals surface area contributed by atoms with Gasteiger partial charge in [0, 0.05) is 11.0 Å². The number of hydrogen-bond acceptors (Lipinski definition) is 2. The molecule has 0 aliphatic heterocycles. The number of ketones is 1. The molecule has 2 rings (SSSR count). The number of hydrogen-bond donors (Lipinski definition) is 0. The molecule has 1 aliphatic rings. The Kier molecular flexibility index (Phi) is 4.06. The van der Waals surface area contributed by atoms with Gasteiger partial charge in [0.1, 0.15) is 5.75 Å². The average Bonchev–Trinajstić information content (AvgIpc) is 2.37. The minimum absolute atomic E-state index is 0.0928. The average molecular weight is 286 g/mol. The number of halogens is 3. The van der Waals surface area contributed by atoms with Crippen LogP contribution in [-0.4, -0.2) is 12.1 Å². The second kappa shape index (κ2) is 5.46. The van der Waals surface area contributed by atoms with E-state index >= 15 is 0 Å². The van der Waals surface area contributed by atoms with Crippen molar-refractivity contribution in [3.05, 3.63) is 29.8 Å². The Balaban J connectivity index is 2.20. The molecule has 1 saturated carbocycles. The fraction of sp³-hybridized carbons (Fsp3) is 0.533. The summed E-state index contributed by atoms with van der Waals surface area (Å²) in [5, 5.41) is 0. The maximum absolute atomic E-state index is 12.5. The first-order chi connectivity index (χ1) is 9.30. The fourth-order valence-electron chi connectivity index (χ4n) is 2.74. The van der Waals surface area contributed by atoms with E-state index in [-0.39, 0.29) is 17.1 Å². The number of benzene rings is 1. The number of rotatable bonds is 3. The minimum atomic E-state index is -4.74. The van der Waals surface area contributed by atoms with Crippen LogP contribution in [0.3, 0.4) is 0 Å². The van der Waals surface area contributed by atoms with E-state index in [1.54, 1.807) is 6.07 Å². The third kappa shape index (κ3) is 3.52. The Bertz CT molecular complexity index is 488. The summed E-state index contributed by atoms with van der Waals surface area (Å²) in [6.07, 6.45) is -0.0785. The molecular weight excluding hydrogens is 269 g/mol. The molecule has 1 aliphatic carbocycles. The predicted molar refractivity (Wildman–Crippen MR) is 68.6 cm³/mol. The van der Waals surface area contributed by atoms with E-state index in [1.165, 1.54) is 18.2 Å². The zero-order valence-electron chi connectivity index (χ0n) is 11.3. The summed E-state index contributed by atoms with van der Waals surface area (Å²) in [6, 6.07) is 5.34. The Hall–Kier alpha value is -1.52. The van der Waals surface area contributed by atoms with Crippen molar-refractivity contribution in [3.63, 3.8) is 0 Å². The maximum Gasteiger partial charge on any atom is 0.573 e. The van der Waals surface area contributed by atoms with Crippen LogP contribution in [0.5, 0.6) is 5.75 Å². The van der Waals surface area contributed by atoms with Crippen LogP contribution in [0.4, 0.5) is 13.2 Å². The zero-order chi connectivity index (χ0) is 14.8. The van der Waals surface area contributed by atoms with Crippen molar-refractivity contribution in [2.45, 2.75) is 45.4 Å². The standard InChI is InChI=1S/C15H17F3O2/c1-14(8-3-2-4-9-14)13(19)11-6-5-7-12(10-11)20-15(16,17)18/h5-7,10H,2-4,8-9H2,1H3. The summed E-state index contributed by atoms with van der Waals surface area (Å²) in [4.78, 5) is 12.5. The van der Waals surface area contributed by atoms with Crippen molar-refractivity contribution in [1.82, 2.24) is 0 Å². The van der Waals surface area contributed by atoms with Gasteiger partial charge in [-0.15, -0.1) is 13.2 Å². The Labute approximate surface area is 115 Å². The second-order valence-corrected chi connectivity index (χ2v) is 5.53. The van der Waals surface area contributed by atoms with Gasteiger partial charge in [-0.05, 0) is 25.0 Å². The number of carbonyl (C=O) groups excluding carboxylic acids is 1. The number of alkyl halides is 3. The van der Waals surface area contributed by atoms with Gasteiger partial charge in [-0.2, -0.15) is 0 Å². The highest BCUT2D eigenvalue weighted by molar-refractivity contribution is 6.00. The van der Waals surface area contributed by atoms with Crippen LogP contribution in [0.25, 0.3) is 0 Å². The molecule has 1 aromatic rings. The number of carbonyl (C=O) groups is 1. The van der Waals surface area contributed by atoms with Crippen LogP contribution in [0, 0.1) is 5.41 Å². The van der Waals surface area contributed by atoms with E-state index in [9.17, 15) is 18.0 Å². The smallest absolute Gasteiger partial charge is 0.406 e. The van der Waals surface area contributed by atoms with Crippen LogP contribution in [0.2, 0.25) is 0 Å². The summed E-state index contributed by atoms with van der Waals surface area (Å²) in [7, 11) is 0. The van der Waals surface area contributed by atoms with Crippen molar-refractivity contribution < 1.29 is 22.7 Å². The van der Waals surface area contributed by atoms with E-state index in [0.717, 1.165) is 32.1 Å². The van der Waals surface area contributed by atoms with Gasteiger partial charge in [0.25, 0.3) is 0 Å². The van der Waals surface area contributed by atoms with Crippen LogP contribution < -0.4 is 4.74 Å². The molecule has 0 N–H and O–H groups in total. The molecule has 110 valence electrons. The molecule has 2 nitrogen and oxygen atoms in total. The lowest BCUT2D eigenvalue weighted by Gasteiger charge is -2.32. The lowest BCUT2D eigenvalue weighted by Crippen LogP contribution is -2.30. The molecular formula is C15H17F3O2. The van der Waals surface area contributed by atoms with Crippen LogP contribution in [0.15, 0.2) is 24.3 Å². The highest BCUT2D eigenvalue weighted by Crippen LogP contribution is 2.39. The van der Waals surface area contributed by atoms with Gasteiger partial charge in [-0.3, -0.25) is 4.79 Å². The molecule has 5 heteroatoms. The first-order valence-corrected chi connectivity index (χ1v) is 6.71. The van der Waals surface area contributed by atoms with Gasteiger partial charge in [0.2, 0.25) is 0 Å². The summed E-state index contributed by atoms with van der Waals surface area (Å²) in [5.41, 5.74) is -0.175. The van der Waals surface area contributed by atoms with Crippen molar-refractivity contribution >= 4 is 5.78 Å². The first kappa shape index (κ1) is 14.9. The molecule has 1 fully saturated rings. The third-order valence-electron chi connectivity index (χ3n) is 3.84. The lowest BCUT2D eigenvalue weighted by atomic mass is 9.71. The highest BCUT2D eigenvalue weighted by Gasteiger charge is 2.36. The fourth-order valence-corrected chi connectivity index (χ4v) is 2.74. The van der Waals surface area contributed by atoms with E-state index in [1.807, 2.05) is 6.92 Å². The van der Waals surface area contributed by atoms with E-state index in [2.05, 4.69) is 4.74 Å². The van der Waals surface area contributed by atoms with Crippen molar-refractivity contribution in [3.8, 4) is 5.75 Å². The highest BCUT2D eigenvalue weighted by atomic mass is 19.4. The molecule has 0 heterocycles. The first-order valence-electron chi connectivity index (χ1n) is 6.71. The van der Waals surface area contributed by atoms with Gasteiger partial charge in [0.15, 0.2) is 5.78 Å². The third-order valence-corrected chi connectivity index (χ3v) is 3.84. The zero-order valence-corrected chi connectivity index (χ0v) is 11.3. The van der Waals surface area contributed by atoms with Crippen molar-refractivity contribution in [2.75, 3.05) is 0 Å². The van der Waals surface area contributed by atoms with Gasteiger partial charge in [-0.1, -0.05) is 38.3 Å². The molecule has 0 unspecified atom stereocenters. The van der Waals surface area contributed by atoms with E-state index in [4.69, 9.17) is 0 Å². The summed E-state index contributed by atoms with van der Waals surface area (Å²) >= 11 is 0. The molecule has 0 amide bonds. The summed E-state index contributed by atoms with van der Waals surface area (Å²) in [5.74, 6) is -0.437. The van der Waals surface area contributed by atoms with Crippen molar-refractivity contribution in [1.29, 1.82) is 0 Å². The van der Waals surface area contributed by atoms with E-state index < -0.39 is 11.8 Å². The molecule has 0 spiro atoms. The van der Waals surface area contributed by atoms with Gasteiger partial charge in [-0.25, -0.2) is 0 Å². The van der Waals surface area contributed by atoms with Crippen LogP contribution in [0.1, 0.15) is 49.4 Å². The summed E-state index contributed by atoms with van der Waals surface area (Å²) in [6.45, 7) is 1.89. The van der Waals surface area contributed by atoms with E-state index in [0.29, 0.717) is 0 Å². The Morgan fingerprint density at radius 1 is 1.20 bits per heavy atom. The predicted octanol–water partition coefficient (Wildman–Crippen LogP) is 4.74. The van der Waals surface area contributed by atoms with Crippen LogP contribution >= 0.6 is 0 Å². The lowest BCUT2D eigenvalue weighted by molar-refractivity contribution is -0.274. The normalized spacial score (nSPS) is 18.6. The molecule has 0 radical (unpaired) electrons. The monoisotopic (exact) mass is 286 g/mol. The topological polar surface area (TPSA) is 26.3 Å². The minimum Gasteiger partial charge on any atom is -0.406 e. The number of ether oxygens (including phenoxy) is 1. The quantitative estimate of drug-likeness (QED) is 0.750. The molecule has 1 aromatic carbocycles. The maximum atomic E-state index is 12.5. The molecule has 0 saturated heterocycles. The van der Waals surface area contributed by atoms with Crippen LogP contribution in [-0.2, 0) is 0 Å². The van der Waals surface area contributed by atoms with Gasteiger partial charge in [0.05, 0.1) is 0 Å². The summed E-state index contributed by atoms with van der Waals surface area (Å²) < 4.78 is 40.5. The van der Waals surface area contributed by atoms with Gasteiger partial charge >= 0.3 is 6.36 Å². The molecule has 0 atom stereocenters. The molecule has 0 bridgehead atoms. The Morgan fingerprint density at radius 3 is 2.45 bits per heavy atom.